The summed E-state index contributed by atoms with van der Waals surface area (Å²) in [4.78, 5) is 15.8. The fraction of sp³-hybridized carbons (Fsp3) is 0.0909. The van der Waals surface area contributed by atoms with Crippen molar-refractivity contribution in [2.45, 2.75) is 6.18 Å². The minimum Gasteiger partial charge on any atom is -0.478 e. The molecule has 0 fully saturated rings. The third-order valence-corrected chi connectivity index (χ3v) is 4.66. The van der Waals surface area contributed by atoms with Crippen LogP contribution in [0.2, 0.25) is 0 Å². The molecule has 1 N–H and O–H groups in total. The second-order valence-electron chi connectivity index (χ2n) is 6.64. The number of aryl methyl sites for hydroxylation is 1. The molecule has 8 heteroatoms. The molecule has 0 aliphatic heterocycles. The van der Waals surface area contributed by atoms with Crippen molar-refractivity contribution in [1.82, 2.24) is 9.55 Å². The number of imidazole rings is 1. The number of carboxylic acids is 1. The number of halogens is 3. The lowest BCUT2D eigenvalue weighted by Crippen LogP contribution is -2.04. The molecule has 0 saturated heterocycles. The van der Waals surface area contributed by atoms with E-state index >= 15 is 0 Å². The molecule has 1 heterocycles. The SMILES string of the molecule is Cn1c(Oc2cccc(C(F)(F)F)c2)nc2c(-c3cccc(C(=O)O)c3)cccc21. The van der Waals surface area contributed by atoms with Gasteiger partial charge < -0.3 is 9.84 Å². The number of aromatic nitrogens is 2. The van der Waals surface area contributed by atoms with Crippen LogP contribution in [0.4, 0.5) is 13.2 Å². The first-order valence-corrected chi connectivity index (χ1v) is 8.88. The van der Waals surface area contributed by atoms with Crippen LogP contribution < -0.4 is 4.74 Å². The lowest BCUT2D eigenvalue weighted by atomic mass is 10.0. The van der Waals surface area contributed by atoms with Crippen LogP contribution in [0, 0.1) is 0 Å². The van der Waals surface area contributed by atoms with Crippen LogP contribution in [0.5, 0.6) is 11.8 Å². The van der Waals surface area contributed by atoms with Crippen molar-refractivity contribution in [1.29, 1.82) is 0 Å². The molecule has 0 aliphatic carbocycles. The van der Waals surface area contributed by atoms with Gasteiger partial charge in [0.2, 0.25) is 0 Å². The fourth-order valence-corrected chi connectivity index (χ4v) is 3.18. The molecular formula is C22H15F3N2O3. The van der Waals surface area contributed by atoms with Gasteiger partial charge in [-0.15, -0.1) is 0 Å². The lowest BCUT2D eigenvalue weighted by molar-refractivity contribution is -0.137. The second-order valence-corrected chi connectivity index (χ2v) is 6.64. The molecule has 4 rings (SSSR count). The Labute approximate surface area is 169 Å². The first-order chi connectivity index (χ1) is 14.2. The summed E-state index contributed by atoms with van der Waals surface area (Å²) in [5, 5.41) is 9.24. The number of ether oxygens (including phenoxy) is 1. The molecule has 30 heavy (non-hydrogen) atoms. The Morgan fingerprint density at radius 2 is 1.77 bits per heavy atom. The van der Waals surface area contributed by atoms with E-state index in [1.165, 1.54) is 18.2 Å². The summed E-state index contributed by atoms with van der Waals surface area (Å²) in [5.74, 6) is -1.03. The molecule has 1 aromatic heterocycles. The van der Waals surface area contributed by atoms with Gasteiger partial charge in [-0.1, -0.05) is 30.3 Å². The Hall–Kier alpha value is -3.81. The summed E-state index contributed by atoms with van der Waals surface area (Å²) in [5.41, 5.74) is 1.90. The molecule has 152 valence electrons. The van der Waals surface area contributed by atoms with Gasteiger partial charge in [-0.2, -0.15) is 18.2 Å². The number of alkyl halides is 3. The van der Waals surface area contributed by atoms with Gasteiger partial charge in [0, 0.05) is 12.6 Å². The molecule has 0 aliphatic rings. The Bertz CT molecular complexity index is 1260. The number of carbonyl (C=O) groups is 1. The number of carboxylic acid groups (broad SMARTS) is 1. The van der Waals surface area contributed by atoms with Crippen LogP contribution in [0.1, 0.15) is 15.9 Å². The highest BCUT2D eigenvalue weighted by molar-refractivity contribution is 5.95. The first kappa shape index (κ1) is 19.5. The summed E-state index contributed by atoms with van der Waals surface area (Å²) in [7, 11) is 1.69. The maximum atomic E-state index is 13.0. The third-order valence-electron chi connectivity index (χ3n) is 4.66. The molecular weight excluding hydrogens is 397 g/mol. The zero-order valence-corrected chi connectivity index (χ0v) is 15.6. The van der Waals surface area contributed by atoms with Crippen LogP contribution in [-0.4, -0.2) is 20.6 Å². The second kappa shape index (κ2) is 7.22. The summed E-state index contributed by atoms with van der Waals surface area (Å²) < 4.78 is 46.2. The van der Waals surface area contributed by atoms with E-state index in [1.54, 1.807) is 48.0 Å². The van der Waals surface area contributed by atoms with Gasteiger partial charge in [-0.05, 0) is 42.0 Å². The topological polar surface area (TPSA) is 64.4 Å². The van der Waals surface area contributed by atoms with Gasteiger partial charge in [-0.3, -0.25) is 4.57 Å². The number of nitrogens with zero attached hydrogens (tertiary/aromatic N) is 2. The van der Waals surface area contributed by atoms with E-state index < -0.39 is 17.7 Å². The van der Waals surface area contributed by atoms with Crippen molar-refractivity contribution < 1.29 is 27.8 Å². The van der Waals surface area contributed by atoms with Gasteiger partial charge in [-0.25, -0.2) is 4.79 Å². The summed E-state index contributed by atoms with van der Waals surface area (Å²) in [6, 6.07) is 16.5. The highest BCUT2D eigenvalue weighted by Gasteiger charge is 2.30. The minimum atomic E-state index is -4.48. The molecule has 3 aromatic carbocycles. The Balaban J connectivity index is 1.78. The van der Waals surface area contributed by atoms with Crippen molar-refractivity contribution in [2.75, 3.05) is 0 Å². The van der Waals surface area contributed by atoms with E-state index in [1.807, 2.05) is 0 Å². The predicted molar refractivity (Wildman–Crippen MR) is 105 cm³/mol. The zero-order chi connectivity index (χ0) is 21.5. The Kier molecular flexibility index (Phi) is 4.69. The number of para-hydroxylation sites is 1. The van der Waals surface area contributed by atoms with Gasteiger partial charge in [0.15, 0.2) is 0 Å². The lowest BCUT2D eigenvalue weighted by Gasteiger charge is -2.09. The number of aromatic carboxylic acids is 1. The van der Waals surface area contributed by atoms with Crippen molar-refractivity contribution in [2.24, 2.45) is 7.05 Å². The number of hydrogen-bond donors (Lipinski definition) is 1. The molecule has 5 nitrogen and oxygen atoms in total. The van der Waals surface area contributed by atoms with Gasteiger partial charge in [0.05, 0.1) is 16.6 Å². The molecule has 0 bridgehead atoms. The van der Waals surface area contributed by atoms with Crippen LogP contribution in [0.25, 0.3) is 22.2 Å². The molecule has 0 spiro atoms. The van der Waals surface area contributed by atoms with E-state index in [0.717, 1.165) is 12.1 Å². The van der Waals surface area contributed by atoms with E-state index in [9.17, 15) is 23.1 Å². The minimum absolute atomic E-state index is 0.0117. The third kappa shape index (κ3) is 3.59. The van der Waals surface area contributed by atoms with E-state index in [0.29, 0.717) is 22.2 Å². The van der Waals surface area contributed by atoms with E-state index in [2.05, 4.69) is 4.98 Å². The zero-order valence-electron chi connectivity index (χ0n) is 15.6. The monoisotopic (exact) mass is 412 g/mol. The van der Waals surface area contributed by atoms with Crippen LogP contribution in [0.15, 0.2) is 66.7 Å². The van der Waals surface area contributed by atoms with Crippen LogP contribution in [-0.2, 0) is 13.2 Å². The Morgan fingerprint density at radius 3 is 2.50 bits per heavy atom. The first-order valence-electron chi connectivity index (χ1n) is 8.88. The standard InChI is InChI=1S/C22H15F3N2O3/c1-27-18-10-4-9-17(13-5-2-6-14(11-13)20(28)29)19(18)26-21(27)30-16-8-3-7-15(12-16)22(23,24)25/h2-12H,1H3,(H,28,29). The largest absolute Gasteiger partial charge is 0.478 e. The van der Waals surface area contributed by atoms with Gasteiger partial charge in [0.1, 0.15) is 11.3 Å². The van der Waals surface area contributed by atoms with Crippen molar-refractivity contribution in [3.05, 3.63) is 77.9 Å². The van der Waals surface area contributed by atoms with Crippen molar-refractivity contribution in [3.8, 4) is 22.9 Å². The Morgan fingerprint density at radius 1 is 1.03 bits per heavy atom. The molecule has 0 amide bonds. The normalized spacial score (nSPS) is 11.6. The molecule has 0 saturated carbocycles. The highest BCUT2D eigenvalue weighted by atomic mass is 19.4. The number of fused-ring (bicyclic) bond motifs is 1. The van der Waals surface area contributed by atoms with Crippen LogP contribution >= 0.6 is 0 Å². The summed E-state index contributed by atoms with van der Waals surface area (Å²) in [6.07, 6.45) is -4.48. The van der Waals surface area contributed by atoms with E-state index in [4.69, 9.17) is 4.74 Å². The summed E-state index contributed by atoms with van der Waals surface area (Å²) >= 11 is 0. The maximum absolute atomic E-state index is 13.0. The van der Waals surface area contributed by atoms with Gasteiger partial charge >= 0.3 is 18.2 Å². The molecule has 0 radical (unpaired) electrons. The number of benzene rings is 3. The predicted octanol–water partition coefficient (Wildman–Crippen LogP) is 5.75. The van der Waals surface area contributed by atoms with Crippen molar-refractivity contribution >= 4 is 17.0 Å². The average Bonchev–Trinajstić information content (AvgIpc) is 3.03. The fourth-order valence-electron chi connectivity index (χ4n) is 3.18. The maximum Gasteiger partial charge on any atom is 0.416 e. The highest BCUT2D eigenvalue weighted by Crippen LogP contribution is 2.35. The molecule has 0 unspecified atom stereocenters. The average molecular weight is 412 g/mol. The summed E-state index contributed by atoms with van der Waals surface area (Å²) in [6.45, 7) is 0. The van der Waals surface area contributed by atoms with Gasteiger partial charge in [0.25, 0.3) is 0 Å². The smallest absolute Gasteiger partial charge is 0.416 e. The quantitative estimate of drug-likeness (QED) is 0.464. The van der Waals surface area contributed by atoms with Crippen LogP contribution in [0.3, 0.4) is 0 Å². The van der Waals surface area contributed by atoms with Crippen molar-refractivity contribution in [3.63, 3.8) is 0 Å². The van der Waals surface area contributed by atoms with E-state index in [-0.39, 0.29) is 17.3 Å². The molecule has 4 aromatic rings. The molecule has 0 atom stereocenters. The number of rotatable bonds is 4. The number of hydrogen-bond acceptors (Lipinski definition) is 3.